The predicted octanol–water partition coefficient (Wildman–Crippen LogP) is 1.49. The number of carbonyl (C=O) groups excluding carboxylic acids is 2. The summed E-state index contributed by atoms with van der Waals surface area (Å²) in [5.74, 6) is -1.39. The summed E-state index contributed by atoms with van der Waals surface area (Å²) in [6.07, 6.45) is 3.57. The molecule has 0 spiro atoms. The molecular weight excluding hydrogens is 292 g/mol. The van der Waals surface area contributed by atoms with Crippen LogP contribution in [0, 0.1) is 0 Å². The van der Waals surface area contributed by atoms with Crippen molar-refractivity contribution in [3.05, 3.63) is 28.0 Å². The van der Waals surface area contributed by atoms with Crippen LogP contribution in [0.15, 0.2) is 18.2 Å². The maximum Gasteiger partial charge on any atom is 0.328 e. The van der Waals surface area contributed by atoms with Crippen molar-refractivity contribution in [3.8, 4) is 0 Å². The Kier molecular flexibility index (Phi) is 7.17. The van der Waals surface area contributed by atoms with Gasteiger partial charge in [0.2, 0.25) is 5.91 Å². The van der Waals surface area contributed by atoms with E-state index in [1.165, 1.54) is 17.4 Å². The Labute approximate surface area is 126 Å². The van der Waals surface area contributed by atoms with E-state index >= 15 is 0 Å². The summed E-state index contributed by atoms with van der Waals surface area (Å²) < 4.78 is 0. The van der Waals surface area contributed by atoms with Crippen LogP contribution in [0.3, 0.4) is 0 Å². The number of rotatable bonds is 8. The van der Waals surface area contributed by atoms with Gasteiger partial charge in [-0.1, -0.05) is 6.92 Å². The maximum atomic E-state index is 11.8. The molecule has 1 heterocycles. The number of thiophene rings is 1. The smallest absolute Gasteiger partial charge is 0.328 e. The fraction of sp³-hybridized carbons (Fsp3) is 0.357. The lowest BCUT2D eigenvalue weighted by atomic mass is 10.3. The van der Waals surface area contributed by atoms with Gasteiger partial charge in [0.05, 0.1) is 4.88 Å². The quantitative estimate of drug-likeness (QED) is 0.634. The van der Waals surface area contributed by atoms with E-state index in [1.807, 2.05) is 6.92 Å². The number of aliphatic carboxylic acids is 1. The van der Waals surface area contributed by atoms with Gasteiger partial charge in [0.15, 0.2) is 0 Å². The molecule has 21 heavy (non-hydrogen) atoms. The first-order valence-corrected chi connectivity index (χ1v) is 7.40. The van der Waals surface area contributed by atoms with Crippen LogP contribution < -0.4 is 10.6 Å². The lowest BCUT2D eigenvalue weighted by Crippen LogP contribution is -2.30. The third-order valence-electron chi connectivity index (χ3n) is 2.45. The Morgan fingerprint density at radius 1 is 1.24 bits per heavy atom. The summed E-state index contributed by atoms with van der Waals surface area (Å²) in [6, 6.07) is 3.30. The van der Waals surface area contributed by atoms with Crippen LogP contribution in [0.1, 0.15) is 34.3 Å². The van der Waals surface area contributed by atoms with Crippen molar-refractivity contribution < 1.29 is 19.5 Å². The maximum absolute atomic E-state index is 11.8. The minimum Gasteiger partial charge on any atom is -0.478 e. The molecule has 0 fully saturated rings. The fourth-order valence-corrected chi connectivity index (χ4v) is 2.27. The van der Waals surface area contributed by atoms with E-state index in [1.54, 1.807) is 12.1 Å². The van der Waals surface area contributed by atoms with E-state index < -0.39 is 5.97 Å². The number of amides is 2. The van der Waals surface area contributed by atoms with Crippen molar-refractivity contribution in [1.82, 2.24) is 10.6 Å². The van der Waals surface area contributed by atoms with Crippen LogP contribution >= 0.6 is 11.3 Å². The Morgan fingerprint density at radius 2 is 2.00 bits per heavy atom. The number of nitrogens with one attached hydrogen (secondary N) is 2. The minimum atomic E-state index is -1.03. The van der Waals surface area contributed by atoms with Gasteiger partial charge in [-0.2, -0.15) is 0 Å². The highest BCUT2D eigenvalue weighted by molar-refractivity contribution is 7.14. The molecule has 6 nitrogen and oxygen atoms in total. The summed E-state index contributed by atoms with van der Waals surface area (Å²) >= 11 is 1.19. The molecule has 0 aliphatic rings. The molecule has 114 valence electrons. The third kappa shape index (κ3) is 6.71. The normalized spacial score (nSPS) is 10.5. The van der Waals surface area contributed by atoms with Crippen LogP contribution in [0.2, 0.25) is 0 Å². The summed E-state index contributed by atoms with van der Waals surface area (Å²) in [5.41, 5.74) is 0. The lowest BCUT2D eigenvalue weighted by Gasteiger charge is -2.04. The summed E-state index contributed by atoms with van der Waals surface area (Å²) in [6.45, 7) is 2.87. The molecular formula is C14H18N2O4S. The summed E-state index contributed by atoms with van der Waals surface area (Å²) in [5, 5.41) is 13.9. The van der Waals surface area contributed by atoms with Gasteiger partial charge in [0.1, 0.15) is 0 Å². The zero-order valence-electron chi connectivity index (χ0n) is 11.7. The second kappa shape index (κ2) is 8.91. The molecule has 1 aromatic heterocycles. The van der Waals surface area contributed by atoms with E-state index in [0.717, 1.165) is 12.5 Å². The number of carboxylic acids is 1. The van der Waals surface area contributed by atoms with Gasteiger partial charge in [-0.05, 0) is 24.6 Å². The van der Waals surface area contributed by atoms with E-state index in [9.17, 15) is 14.4 Å². The average molecular weight is 310 g/mol. The molecule has 0 bridgehead atoms. The average Bonchev–Trinajstić information content (AvgIpc) is 2.91. The van der Waals surface area contributed by atoms with Crippen LogP contribution in [0.25, 0.3) is 6.08 Å². The van der Waals surface area contributed by atoms with E-state index in [0.29, 0.717) is 16.3 Å². The van der Waals surface area contributed by atoms with Crippen LogP contribution in [0.4, 0.5) is 0 Å². The van der Waals surface area contributed by atoms with Gasteiger partial charge in [0, 0.05) is 30.5 Å². The van der Waals surface area contributed by atoms with Crippen LogP contribution in [-0.2, 0) is 9.59 Å². The van der Waals surface area contributed by atoms with Crippen LogP contribution in [0.5, 0.6) is 0 Å². The Bertz CT molecular complexity index is 537. The predicted molar refractivity (Wildman–Crippen MR) is 81.2 cm³/mol. The van der Waals surface area contributed by atoms with Crippen molar-refractivity contribution >= 4 is 35.2 Å². The molecule has 0 aliphatic heterocycles. The molecule has 1 aromatic rings. The molecule has 0 unspecified atom stereocenters. The molecule has 2 amide bonds. The first-order valence-electron chi connectivity index (χ1n) is 6.58. The molecule has 0 saturated heterocycles. The van der Waals surface area contributed by atoms with Gasteiger partial charge in [-0.3, -0.25) is 9.59 Å². The second-order valence-electron chi connectivity index (χ2n) is 4.23. The number of carbonyl (C=O) groups is 3. The van der Waals surface area contributed by atoms with Gasteiger partial charge in [0.25, 0.3) is 5.91 Å². The molecule has 0 radical (unpaired) electrons. The Morgan fingerprint density at radius 3 is 2.67 bits per heavy atom. The highest BCUT2D eigenvalue weighted by Gasteiger charge is 2.08. The third-order valence-corrected chi connectivity index (χ3v) is 3.50. The number of carboxylic acid groups (broad SMARTS) is 1. The molecule has 0 atom stereocenters. The van der Waals surface area contributed by atoms with Gasteiger partial charge in [-0.25, -0.2) is 4.79 Å². The number of hydrogen-bond acceptors (Lipinski definition) is 4. The molecule has 0 saturated carbocycles. The van der Waals surface area contributed by atoms with E-state index in [-0.39, 0.29) is 24.8 Å². The van der Waals surface area contributed by atoms with Gasteiger partial charge in [-0.15, -0.1) is 11.3 Å². The monoisotopic (exact) mass is 310 g/mol. The summed E-state index contributed by atoms with van der Waals surface area (Å²) in [7, 11) is 0. The fourth-order valence-electron chi connectivity index (χ4n) is 1.45. The van der Waals surface area contributed by atoms with Crippen molar-refractivity contribution in [1.29, 1.82) is 0 Å². The van der Waals surface area contributed by atoms with E-state index in [2.05, 4.69) is 10.6 Å². The van der Waals surface area contributed by atoms with Crippen molar-refractivity contribution in [2.75, 3.05) is 13.1 Å². The van der Waals surface area contributed by atoms with Gasteiger partial charge < -0.3 is 15.7 Å². The highest BCUT2D eigenvalue weighted by atomic mass is 32.1. The zero-order valence-corrected chi connectivity index (χ0v) is 12.5. The molecule has 0 aliphatic carbocycles. The zero-order chi connectivity index (χ0) is 15.7. The molecule has 3 N–H and O–H groups in total. The minimum absolute atomic E-state index is 0.0894. The largest absolute Gasteiger partial charge is 0.478 e. The second-order valence-corrected chi connectivity index (χ2v) is 5.34. The standard InChI is InChI=1S/C14H18N2O4S/c1-2-8-15-12(17)7-9-16-14(20)11-5-3-10(21-11)4-6-13(18)19/h3-6H,2,7-9H2,1H3,(H,15,17)(H,16,20)(H,18,19). The first-order chi connectivity index (χ1) is 10.0. The number of hydrogen-bond donors (Lipinski definition) is 3. The summed E-state index contributed by atoms with van der Waals surface area (Å²) in [4.78, 5) is 34.7. The van der Waals surface area contributed by atoms with Crippen molar-refractivity contribution in [2.24, 2.45) is 0 Å². The first kappa shape index (κ1) is 16.9. The van der Waals surface area contributed by atoms with Gasteiger partial charge >= 0.3 is 5.97 Å². The highest BCUT2D eigenvalue weighted by Crippen LogP contribution is 2.17. The SMILES string of the molecule is CCCNC(=O)CCNC(=O)c1ccc(C=CC(=O)O)s1. The van der Waals surface area contributed by atoms with Crippen molar-refractivity contribution in [3.63, 3.8) is 0 Å². The van der Waals surface area contributed by atoms with E-state index in [4.69, 9.17) is 5.11 Å². The molecule has 1 rings (SSSR count). The Hall–Kier alpha value is -2.15. The lowest BCUT2D eigenvalue weighted by molar-refractivity contribution is -0.131. The topological polar surface area (TPSA) is 95.5 Å². The van der Waals surface area contributed by atoms with Crippen molar-refractivity contribution in [2.45, 2.75) is 19.8 Å². The molecule has 7 heteroatoms. The molecule has 0 aromatic carbocycles. The Balaban J connectivity index is 2.39. The van der Waals surface area contributed by atoms with Crippen LogP contribution in [-0.4, -0.2) is 36.0 Å².